The summed E-state index contributed by atoms with van der Waals surface area (Å²) in [7, 11) is 0. The predicted octanol–water partition coefficient (Wildman–Crippen LogP) is 4.61. The summed E-state index contributed by atoms with van der Waals surface area (Å²) in [5, 5.41) is 3.52. The molecule has 0 aromatic carbocycles. The topological polar surface area (TPSA) is 72.8 Å². The van der Waals surface area contributed by atoms with Crippen molar-refractivity contribution in [3.8, 4) is 17.3 Å². The Morgan fingerprint density at radius 2 is 2.07 bits per heavy atom. The fourth-order valence-electron chi connectivity index (χ4n) is 2.33. The Kier molecular flexibility index (Phi) is 4.42. The van der Waals surface area contributed by atoms with Crippen LogP contribution in [0.3, 0.4) is 0 Å². The molecule has 0 bridgehead atoms. The predicted molar refractivity (Wildman–Crippen MR) is 94.0 cm³/mol. The zero-order valence-corrected chi connectivity index (χ0v) is 14.9. The molecule has 4 rings (SSSR count). The third-order valence-electron chi connectivity index (χ3n) is 3.88. The number of anilines is 2. The van der Waals surface area contributed by atoms with E-state index in [0.717, 1.165) is 36.1 Å². The van der Waals surface area contributed by atoms with Crippen molar-refractivity contribution in [1.29, 1.82) is 0 Å². The Balaban J connectivity index is 1.62. The number of aromatic nitrogens is 4. The second-order valence-corrected chi connectivity index (χ2v) is 6.85. The van der Waals surface area contributed by atoms with Gasteiger partial charge in [0.05, 0.1) is 6.10 Å². The van der Waals surface area contributed by atoms with Crippen LogP contribution >= 0.6 is 11.5 Å². The van der Waals surface area contributed by atoms with Gasteiger partial charge in [-0.25, -0.2) is 4.98 Å². The molecule has 3 aromatic heterocycles. The van der Waals surface area contributed by atoms with E-state index in [4.69, 9.17) is 4.74 Å². The first kappa shape index (κ1) is 17.7. The lowest BCUT2D eigenvalue weighted by Gasteiger charge is -2.13. The molecule has 0 spiro atoms. The quantitative estimate of drug-likeness (QED) is 0.683. The molecule has 3 heterocycles. The zero-order valence-electron chi connectivity index (χ0n) is 14.1. The van der Waals surface area contributed by atoms with Gasteiger partial charge in [-0.15, -0.1) is 0 Å². The van der Waals surface area contributed by atoms with E-state index >= 15 is 0 Å². The first-order chi connectivity index (χ1) is 12.9. The van der Waals surface area contributed by atoms with Gasteiger partial charge in [0, 0.05) is 30.0 Å². The minimum Gasteiger partial charge on any atom is -0.490 e. The van der Waals surface area contributed by atoms with E-state index in [1.807, 2.05) is 19.1 Å². The summed E-state index contributed by atoms with van der Waals surface area (Å²) in [6, 6.07) is 4.97. The van der Waals surface area contributed by atoms with Crippen LogP contribution in [-0.4, -0.2) is 25.4 Å². The molecule has 1 saturated carbocycles. The molecule has 0 unspecified atom stereocenters. The summed E-state index contributed by atoms with van der Waals surface area (Å²) < 4.78 is 49.1. The van der Waals surface area contributed by atoms with Gasteiger partial charge in [0.1, 0.15) is 22.8 Å². The average Bonchev–Trinajstić information content (AvgIpc) is 3.31. The SMILES string of the molecule is Cc1cccnc1Nc1nc(-c2cc(OC3CC3)c(C(F)(F)F)cn2)ns1. The van der Waals surface area contributed by atoms with E-state index < -0.39 is 11.7 Å². The van der Waals surface area contributed by atoms with Gasteiger partial charge in [-0.2, -0.15) is 22.5 Å². The zero-order chi connectivity index (χ0) is 19.0. The highest BCUT2D eigenvalue weighted by Gasteiger charge is 2.37. The van der Waals surface area contributed by atoms with Crippen molar-refractivity contribution in [3.05, 3.63) is 41.7 Å². The lowest BCUT2D eigenvalue weighted by atomic mass is 10.2. The molecule has 0 saturated heterocycles. The maximum Gasteiger partial charge on any atom is 0.421 e. The van der Waals surface area contributed by atoms with Crippen molar-refractivity contribution in [3.63, 3.8) is 0 Å². The first-order valence-corrected chi connectivity index (χ1v) is 8.94. The molecule has 1 aliphatic carbocycles. The van der Waals surface area contributed by atoms with Crippen LogP contribution in [-0.2, 0) is 6.18 Å². The number of halogens is 3. The van der Waals surface area contributed by atoms with Crippen LogP contribution in [0, 0.1) is 6.92 Å². The third-order valence-corrected chi connectivity index (χ3v) is 4.51. The van der Waals surface area contributed by atoms with Crippen molar-refractivity contribution in [2.75, 3.05) is 5.32 Å². The molecule has 140 valence electrons. The fraction of sp³-hybridized carbons (Fsp3) is 0.294. The van der Waals surface area contributed by atoms with Crippen LogP contribution in [0.4, 0.5) is 24.1 Å². The number of nitrogens with one attached hydrogen (secondary N) is 1. The molecule has 0 atom stereocenters. The lowest BCUT2D eigenvalue weighted by molar-refractivity contribution is -0.139. The van der Waals surface area contributed by atoms with Gasteiger partial charge >= 0.3 is 6.18 Å². The number of aryl methyl sites for hydroxylation is 1. The second-order valence-electron chi connectivity index (χ2n) is 6.10. The Labute approximate surface area is 156 Å². The van der Waals surface area contributed by atoms with Crippen molar-refractivity contribution in [2.24, 2.45) is 0 Å². The van der Waals surface area contributed by atoms with Gasteiger partial charge in [-0.3, -0.25) is 4.98 Å². The number of alkyl halides is 3. The summed E-state index contributed by atoms with van der Waals surface area (Å²) in [5.74, 6) is 0.628. The standard InChI is InChI=1S/C17H14F3N5OS/c1-9-3-2-6-21-14(9)23-16-24-15(25-27-16)12-7-13(26-10-4-5-10)11(8-22-12)17(18,19)20/h2-3,6-8,10H,4-5H2,1H3,(H,21,23,24,25). The highest BCUT2D eigenvalue weighted by Crippen LogP contribution is 2.40. The second kappa shape index (κ2) is 6.76. The third kappa shape index (κ3) is 4.00. The number of rotatable bonds is 5. The van der Waals surface area contributed by atoms with Gasteiger partial charge in [0.25, 0.3) is 0 Å². The van der Waals surface area contributed by atoms with E-state index in [0.29, 0.717) is 10.9 Å². The van der Waals surface area contributed by atoms with Crippen molar-refractivity contribution >= 4 is 22.5 Å². The molecule has 6 nitrogen and oxygen atoms in total. The Morgan fingerprint density at radius 1 is 1.26 bits per heavy atom. The summed E-state index contributed by atoms with van der Waals surface area (Å²) >= 11 is 1.07. The van der Waals surface area contributed by atoms with E-state index in [1.165, 1.54) is 6.07 Å². The number of nitrogens with zero attached hydrogens (tertiary/aromatic N) is 4. The van der Waals surface area contributed by atoms with Crippen LogP contribution < -0.4 is 10.1 Å². The number of hydrogen-bond donors (Lipinski definition) is 1. The minimum absolute atomic E-state index is 0.172. The van der Waals surface area contributed by atoms with Crippen molar-refractivity contribution < 1.29 is 17.9 Å². The van der Waals surface area contributed by atoms with E-state index in [2.05, 4.69) is 24.6 Å². The van der Waals surface area contributed by atoms with Gasteiger partial charge < -0.3 is 10.1 Å². The first-order valence-electron chi connectivity index (χ1n) is 8.17. The van der Waals surface area contributed by atoms with Gasteiger partial charge in [0.15, 0.2) is 5.82 Å². The van der Waals surface area contributed by atoms with Gasteiger partial charge in [0.2, 0.25) is 5.13 Å². The van der Waals surface area contributed by atoms with E-state index in [9.17, 15) is 13.2 Å². The highest BCUT2D eigenvalue weighted by atomic mass is 32.1. The lowest BCUT2D eigenvalue weighted by Crippen LogP contribution is -2.10. The number of hydrogen-bond acceptors (Lipinski definition) is 7. The average molecular weight is 393 g/mol. The molecule has 1 fully saturated rings. The maximum absolute atomic E-state index is 13.2. The van der Waals surface area contributed by atoms with Crippen LogP contribution in [0.15, 0.2) is 30.6 Å². The molecule has 10 heteroatoms. The molecule has 0 radical (unpaired) electrons. The van der Waals surface area contributed by atoms with Crippen LogP contribution in [0.5, 0.6) is 5.75 Å². The fourth-order valence-corrected chi connectivity index (χ4v) is 2.91. The molecule has 0 aliphatic heterocycles. The van der Waals surface area contributed by atoms with Crippen molar-refractivity contribution in [1.82, 2.24) is 19.3 Å². The summed E-state index contributed by atoms with van der Waals surface area (Å²) in [6.07, 6.45) is -0.786. The van der Waals surface area contributed by atoms with Crippen LogP contribution in [0.2, 0.25) is 0 Å². The molecule has 1 N–H and O–H groups in total. The van der Waals surface area contributed by atoms with Crippen molar-refractivity contribution in [2.45, 2.75) is 32.0 Å². The van der Waals surface area contributed by atoms with E-state index in [-0.39, 0.29) is 23.4 Å². The summed E-state index contributed by atoms with van der Waals surface area (Å²) in [4.78, 5) is 12.4. The maximum atomic E-state index is 13.2. The smallest absolute Gasteiger partial charge is 0.421 e. The molecular formula is C17H14F3N5OS. The monoisotopic (exact) mass is 393 g/mol. The van der Waals surface area contributed by atoms with Crippen LogP contribution in [0.25, 0.3) is 11.5 Å². The van der Waals surface area contributed by atoms with Gasteiger partial charge in [-0.05, 0) is 31.4 Å². The number of pyridine rings is 2. The molecule has 27 heavy (non-hydrogen) atoms. The Hall–Kier alpha value is -2.75. The molecule has 0 amide bonds. The highest BCUT2D eigenvalue weighted by molar-refractivity contribution is 7.09. The Morgan fingerprint density at radius 3 is 2.78 bits per heavy atom. The van der Waals surface area contributed by atoms with E-state index in [1.54, 1.807) is 6.20 Å². The molecule has 3 aromatic rings. The largest absolute Gasteiger partial charge is 0.490 e. The summed E-state index contributed by atoms with van der Waals surface area (Å²) in [6.45, 7) is 1.90. The molecular weight excluding hydrogens is 379 g/mol. The van der Waals surface area contributed by atoms with Crippen LogP contribution in [0.1, 0.15) is 24.0 Å². The number of ether oxygens (including phenoxy) is 1. The summed E-state index contributed by atoms with van der Waals surface area (Å²) in [5.41, 5.74) is 0.263. The molecule has 1 aliphatic rings. The van der Waals surface area contributed by atoms with Gasteiger partial charge in [-0.1, -0.05) is 6.07 Å². The minimum atomic E-state index is -4.53. The Bertz CT molecular complexity index is 971. The normalized spacial score (nSPS) is 14.2.